The topological polar surface area (TPSA) is 116 Å². The number of benzene rings is 4. The number of sulfonamides is 1. The normalized spacial score (nSPS) is 15.3. The molecule has 0 spiro atoms. The highest BCUT2D eigenvalue weighted by Crippen LogP contribution is 2.30. The van der Waals surface area contributed by atoms with Crippen LogP contribution in [0.4, 0.5) is 5.69 Å². The van der Waals surface area contributed by atoms with Gasteiger partial charge in [-0.05, 0) is 36.2 Å². The first kappa shape index (κ1) is 28.2. The quantitative estimate of drug-likeness (QED) is 0.248. The average molecular weight is 594 g/mol. The Balaban J connectivity index is 1.45. The summed E-state index contributed by atoms with van der Waals surface area (Å²) >= 11 is 0. The van der Waals surface area contributed by atoms with Crippen LogP contribution in [0.2, 0.25) is 0 Å². The summed E-state index contributed by atoms with van der Waals surface area (Å²) in [4.78, 5) is 32.8. The highest BCUT2D eigenvalue weighted by atomic mass is 32.2. The Kier molecular flexibility index (Phi) is 7.95. The molecule has 0 unspecified atom stereocenters. The van der Waals surface area contributed by atoms with E-state index >= 15 is 0 Å². The van der Waals surface area contributed by atoms with Crippen LogP contribution in [0, 0.1) is 0 Å². The minimum absolute atomic E-state index is 0.0912. The molecule has 0 radical (unpaired) electrons. The van der Waals surface area contributed by atoms with Gasteiger partial charge < -0.3 is 15.2 Å². The van der Waals surface area contributed by atoms with Gasteiger partial charge in [0, 0.05) is 31.2 Å². The Morgan fingerprint density at radius 1 is 0.837 bits per heavy atom. The molecule has 3 N–H and O–H groups in total. The molecule has 4 aromatic carbocycles. The molecule has 0 saturated carbocycles. The number of amides is 1. The number of piperazine rings is 1. The lowest BCUT2D eigenvalue weighted by molar-refractivity contribution is 0.0631. The Hall–Kier alpha value is -4.93. The Morgan fingerprint density at radius 2 is 1.47 bits per heavy atom. The molecule has 1 atom stereocenters. The van der Waals surface area contributed by atoms with Gasteiger partial charge >= 0.3 is 5.69 Å². The van der Waals surface area contributed by atoms with Crippen LogP contribution in [0.3, 0.4) is 0 Å². The summed E-state index contributed by atoms with van der Waals surface area (Å²) in [5, 5.41) is 3.39. The molecule has 9 nitrogen and oxygen atoms in total. The number of aromatic amines is 1. The molecule has 1 saturated heterocycles. The van der Waals surface area contributed by atoms with Crippen LogP contribution >= 0.6 is 0 Å². The van der Waals surface area contributed by atoms with Gasteiger partial charge in [-0.2, -0.15) is 0 Å². The van der Waals surface area contributed by atoms with Crippen molar-refractivity contribution in [2.24, 2.45) is 0 Å². The third-order valence-corrected chi connectivity index (χ3v) is 8.91. The fourth-order valence-corrected chi connectivity index (χ4v) is 6.58. The Bertz CT molecular complexity index is 1890. The third-order valence-electron chi connectivity index (χ3n) is 7.52. The lowest BCUT2D eigenvalue weighted by Gasteiger charge is -2.36. The van der Waals surface area contributed by atoms with Crippen LogP contribution in [0.25, 0.3) is 16.9 Å². The van der Waals surface area contributed by atoms with Crippen molar-refractivity contribution in [2.75, 3.05) is 24.4 Å². The first-order valence-corrected chi connectivity index (χ1v) is 15.5. The second-order valence-corrected chi connectivity index (χ2v) is 12.0. The lowest BCUT2D eigenvalue weighted by atomic mass is 10.0. The van der Waals surface area contributed by atoms with Crippen LogP contribution in [-0.4, -0.2) is 54.5 Å². The van der Waals surface area contributed by atoms with Crippen molar-refractivity contribution in [1.29, 1.82) is 0 Å². The van der Waals surface area contributed by atoms with Gasteiger partial charge in [0.1, 0.15) is 5.69 Å². The summed E-state index contributed by atoms with van der Waals surface area (Å²) in [6.07, 6.45) is 0.662. The highest BCUT2D eigenvalue weighted by molar-refractivity contribution is 7.92. The molecule has 0 bridgehead atoms. The summed E-state index contributed by atoms with van der Waals surface area (Å²) in [5.74, 6) is -0.292. The second-order valence-electron chi connectivity index (χ2n) is 10.3. The zero-order chi connectivity index (χ0) is 29.8. The van der Waals surface area contributed by atoms with Gasteiger partial charge in [0.2, 0.25) is 0 Å². The van der Waals surface area contributed by atoms with Crippen LogP contribution in [0.15, 0.2) is 125 Å². The van der Waals surface area contributed by atoms with E-state index in [0.717, 1.165) is 5.56 Å². The van der Waals surface area contributed by atoms with Gasteiger partial charge in [-0.3, -0.25) is 14.1 Å². The van der Waals surface area contributed by atoms with Crippen molar-refractivity contribution >= 4 is 21.6 Å². The van der Waals surface area contributed by atoms with Crippen LogP contribution in [0.1, 0.15) is 16.1 Å². The molecule has 218 valence electrons. The average Bonchev–Trinajstić information content (AvgIpc) is 3.39. The van der Waals surface area contributed by atoms with Crippen molar-refractivity contribution in [3.8, 4) is 16.9 Å². The number of rotatable bonds is 8. The second kappa shape index (κ2) is 12.1. The first-order valence-electron chi connectivity index (χ1n) is 14.1. The number of para-hydroxylation sites is 2. The maximum atomic E-state index is 14.3. The van der Waals surface area contributed by atoms with Gasteiger partial charge in [-0.15, -0.1) is 0 Å². The number of anilines is 1. The number of hydrogen-bond acceptors (Lipinski definition) is 5. The molecule has 0 aliphatic carbocycles. The van der Waals surface area contributed by atoms with Crippen LogP contribution in [0.5, 0.6) is 0 Å². The van der Waals surface area contributed by atoms with Crippen molar-refractivity contribution in [1.82, 2.24) is 19.8 Å². The van der Waals surface area contributed by atoms with E-state index in [-0.39, 0.29) is 28.2 Å². The fourth-order valence-electron chi connectivity index (χ4n) is 5.49. The monoisotopic (exact) mass is 593 g/mol. The van der Waals surface area contributed by atoms with E-state index in [1.807, 2.05) is 65.6 Å². The summed E-state index contributed by atoms with van der Waals surface area (Å²) < 4.78 is 30.5. The number of nitrogens with one attached hydrogen (secondary N) is 3. The third kappa shape index (κ3) is 5.88. The number of H-pyrrole nitrogens is 1. The van der Waals surface area contributed by atoms with Crippen LogP contribution < -0.4 is 15.7 Å². The molecule has 10 heteroatoms. The number of carbonyl (C=O) groups is 1. The minimum atomic E-state index is -3.96. The molecule has 1 fully saturated rings. The lowest BCUT2D eigenvalue weighted by Crippen LogP contribution is -2.54. The van der Waals surface area contributed by atoms with Crippen molar-refractivity contribution in [3.63, 3.8) is 0 Å². The molecular formula is C33H31N5O4S. The van der Waals surface area contributed by atoms with Crippen LogP contribution in [-0.2, 0) is 16.4 Å². The Labute approximate surface area is 249 Å². The fraction of sp³-hybridized carbons (Fsp3) is 0.152. The zero-order valence-corrected chi connectivity index (χ0v) is 24.1. The van der Waals surface area contributed by atoms with Gasteiger partial charge in [0.05, 0.1) is 22.0 Å². The number of hydrogen-bond donors (Lipinski definition) is 3. The van der Waals surface area contributed by atoms with Gasteiger partial charge in [-0.25, -0.2) is 13.2 Å². The van der Waals surface area contributed by atoms with E-state index < -0.39 is 15.7 Å². The molecule has 6 rings (SSSR count). The van der Waals surface area contributed by atoms with E-state index in [2.05, 4.69) is 15.0 Å². The van der Waals surface area contributed by atoms with E-state index in [4.69, 9.17) is 0 Å². The number of imidazole rings is 1. The highest BCUT2D eigenvalue weighted by Gasteiger charge is 2.32. The number of carbonyl (C=O) groups excluding carboxylic acids is 1. The Morgan fingerprint density at radius 3 is 2.19 bits per heavy atom. The van der Waals surface area contributed by atoms with E-state index in [0.29, 0.717) is 43.0 Å². The molecule has 1 aromatic heterocycles. The first-order chi connectivity index (χ1) is 20.9. The summed E-state index contributed by atoms with van der Waals surface area (Å²) in [5.41, 5.74) is 2.21. The van der Waals surface area contributed by atoms with E-state index in [9.17, 15) is 18.0 Å². The SMILES string of the molecule is O=C(c1[nH]c(=O)n(-c2ccccc2NS(=O)(=O)c2ccccc2)c1-c1ccccc1)N1CCNC[C@H]1Cc1ccccc1. The smallest absolute Gasteiger partial charge is 0.331 e. The van der Waals surface area contributed by atoms with Crippen molar-refractivity contribution in [3.05, 3.63) is 137 Å². The molecule has 2 heterocycles. The van der Waals surface area contributed by atoms with E-state index in [1.54, 1.807) is 42.5 Å². The molecule has 1 aliphatic rings. The molecule has 1 aliphatic heterocycles. The molecule has 5 aromatic rings. The van der Waals surface area contributed by atoms with Gasteiger partial charge in [0.15, 0.2) is 0 Å². The number of nitrogens with zero attached hydrogens (tertiary/aromatic N) is 2. The van der Waals surface area contributed by atoms with Crippen molar-refractivity contribution in [2.45, 2.75) is 17.4 Å². The maximum Gasteiger partial charge on any atom is 0.331 e. The molecule has 1 amide bonds. The van der Waals surface area contributed by atoms with Gasteiger partial charge in [0.25, 0.3) is 15.9 Å². The maximum absolute atomic E-state index is 14.3. The summed E-state index contributed by atoms with van der Waals surface area (Å²) in [6, 6.07) is 33.7. The standard InChI is InChI=1S/C33H31N5O4S/c39-32(37-21-20-34-23-26(37)22-24-12-4-1-5-13-24)30-31(25-14-6-2-7-15-25)38(33(40)35-30)29-19-11-10-18-28(29)36-43(41,42)27-16-8-3-9-17-27/h1-19,26,34,36H,20-23H2,(H,35,40)/t26-/m1/s1. The van der Waals surface area contributed by atoms with Crippen molar-refractivity contribution < 1.29 is 13.2 Å². The molecule has 43 heavy (non-hydrogen) atoms. The summed E-state index contributed by atoms with van der Waals surface area (Å²) in [7, 11) is -3.96. The summed E-state index contributed by atoms with van der Waals surface area (Å²) in [6.45, 7) is 1.73. The number of aromatic nitrogens is 2. The predicted molar refractivity (Wildman–Crippen MR) is 167 cm³/mol. The van der Waals surface area contributed by atoms with E-state index in [1.165, 1.54) is 16.7 Å². The molecular weight excluding hydrogens is 562 g/mol. The van der Waals surface area contributed by atoms with Gasteiger partial charge in [-0.1, -0.05) is 91.0 Å². The predicted octanol–water partition coefficient (Wildman–Crippen LogP) is 4.29. The largest absolute Gasteiger partial charge is 0.331 e. The zero-order valence-electron chi connectivity index (χ0n) is 23.3. The minimum Gasteiger partial charge on any atom is -0.331 e.